The summed E-state index contributed by atoms with van der Waals surface area (Å²) in [6.07, 6.45) is 2.00. The minimum absolute atomic E-state index is 0.0752. The van der Waals surface area contributed by atoms with Gasteiger partial charge in [-0.25, -0.2) is 0 Å². The van der Waals surface area contributed by atoms with E-state index in [1.807, 2.05) is 19.9 Å². The predicted octanol–water partition coefficient (Wildman–Crippen LogP) is 0.591. The number of nitrogens with one attached hydrogen (secondary N) is 1. The van der Waals surface area contributed by atoms with Gasteiger partial charge < -0.3 is 10.4 Å². The summed E-state index contributed by atoms with van der Waals surface area (Å²) in [6.45, 7) is 4.85. The molecule has 0 saturated carbocycles. The summed E-state index contributed by atoms with van der Waals surface area (Å²) in [5, 5.41) is 20.4. The van der Waals surface area contributed by atoms with Crippen molar-refractivity contribution in [2.24, 2.45) is 5.41 Å². The van der Waals surface area contributed by atoms with Crippen molar-refractivity contribution in [1.29, 1.82) is 5.26 Å². The number of hydrogen-bond donors (Lipinski definition) is 2. The lowest BCUT2D eigenvalue weighted by molar-refractivity contribution is -0.151. The van der Waals surface area contributed by atoms with Crippen LogP contribution in [-0.4, -0.2) is 47.6 Å². The molecule has 1 aliphatic heterocycles. The first-order chi connectivity index (χ1) is 8.88. The topological polar surface area (TPSA) is 93.4 Å². The molecule has 6 nitrogen and oxygen atoms in total. The van der Waals surface area contributed by atoms with E-state index in [1.165, 1.54) is 0 Å². The fraction of sp³-hybridized carbons (Fsp3) is 0.769. The molecule has 0 spiro atoms. The van der Waals surface area contributed by atoms with Crippen LogP contribution in [0.2, 0.25) is 0 Å². The molecule has 6 heteroatoms. The minimum atomic E-state index is -0.880. The summed E-state index contributed by atoms with van der Waals surface area (Å²) in [7, 11) is 0. The smallest absolute Gasteiger partial charge is 0.321 e. The highest BCUT2D eigenvalue weighted by molar-refractivity contribution is 5.80. The van der Waals surface area contributed by atoms with Crippen LogP contribution >= 0.6 is 0 Å². The van der Waals surface area contributed by atoms with Crippen molar-refractivity contribution in [1.82, 2.24) is 10.2 Å². The van der Waals surface area contributed by atoms with Gasteiger partial charge in [0, 0.05) is 6.54 Å². The van der Waals surface area contributed by atoms with Crippen molar-refractivity contribution in [3.05, 3.63) is 0 Å². The Morgan fingerprint density at radius 3 is 2.79 bits per heavy atom. The Labute approximate surface area is 113 Å². The Balaban J connectivity index is 2.62. The first-order valence-electron chi connectivity index (χ1n) is 6.49. The summed E-state index contributed by atoms with van der Waals surface area (Å²) in [4.78, 5) is 24.8. The summed E-state index contributed by atoms with van der Waals surface area (Å²) in [6, 6.07) is 1.31. The van der Waals surface area contributed by atoms with Crippen LogP contribution in [0.3, 0.4) is 0 Å². The molecule has 1 rings (SSSR count). The molecule has 1 saturated heterocycles. The van der Waals surface area contributed by atoms with E-state index in [0.717, 1.165) is 12.8 Å². The van der Waals surface area contributed by atoms with Crippen LogP contribution in [0, 0.1) is 16.7 Å². The molecule has 0 aromatic rings. The van der Waals surface area contributed by atoms with Gasteiger partial charge in [-0.05, 0) is 24.8 Å². The lowest BCUT2D eigenvalue weighted by Crippen LogP contribution is -2.56. The van der Waals surface area contributed by atoms with Gasteiger partial charge in [0.25, 0.3) is 0 Å². The zero-order valence-electron chi connectivity index (χ0n) is 11.5. The Bertz CT molecular complexity index is 387. The van der Waals surface area contributed by atoms with Crippen LogP contribution in [0.5, 0.6) is 0 Å². The van der Waals surface area contributed by atoms with Crippen molar-refractivity contribution in [3.63, 3.8) is 0 Å². The standard InChI is InChI=1S/C13H21N3O3/c1-13(2)5-3-8-16(11(13)12(18)19)9-10(17)15-7-4-6-14/h11H,3-5,7-9H2,1-2H3,(H,15,17)(H,18,19). The summed E-state index contributed by atoms with van der Waals surface area (Å²) < 4.78 is 0. The third-order valence-electron chi connectivity index (χ3n) is 3.51. The van der Waals surface area contributed by atoms with Crippen LogP contribution in [0.1, 0.15) is 33.1 Å². The zero-order valence-corrected chi connectivity index (χ0v) is 11.5. The molecule has 1 atom stereocenters. The number of hydrogen-bond acceptors (Lipinski definition) is 4. The molecular weight excluding hydrogens is 246 g/mol. The number of carbonyl (C=O) groups excluding carboxylic acids is 1. The molecule has 0 aliphatic carbocycles. The third kappa shape index (κ3) is 4.21. The van der Waals surface area contributed by atoms with E-state index in [0.29, 0.717) is 13.1 Å². The van der Waals surface area contributed by atoms with E-state index in [1.54, 1.807) is 4.90 Å². The second kappa shape index (κ2) is 6.53. The average Bonchev–Trinajstić information content (AvgIpc) is 2.27. The van der Waals surface area contributed by atoms with Gasteiger partial charge in [0.05, 0.1) is 19.0 Å². The monoisotopic (exact) mass is 267 g/mol. The molecule has 0 radical (unpaired) electrons. The molecule has 0 bridgehead atoms. The molecule has 0 aromatic heterocycles. The summed E-state index contributed by atoms with van der Waals surface area (Å²) >= 11 is 0. The Morgan fingerprint density at radius 2 is 2.21 bits per heavy atom. The van der Waals surface area contributed by atoms with E-state index >= 15 is 0 Å². The van der Waals surface area contributed by atoms with Crippen LogP contribution in [-0.2, 0) is 9.59 Å². The Kier molecular flexibility index (Phi) is 5.31. The van der Waals surface area contributed by atoms with Gasteiger partial charge >= 0.3 is 5.97 Å². The lowest BCUT2D eigenvalue weighted by atomic mass is 9.76. The molecule has 1 heterocycles. The zero-order chi connectivity index (χ0) is 14.5. The maximum atomic E-state index is 11.7. The second-order valence-corrected chi connectivity index (χ2v) is 5.56. The number of piperidine rings is 1. The fourth-order valence-corrected chi connectivity index (χ4v) is 2.66. The van der Waals surface area contributed by atoms with Crippen molar-refractivity contribution in [2.45, 2.75) is 39.2 Å². The van der Waals surface area contributed by atoms with Crippen molar-refractivity contribution in [3.8, 4) is 6.07 Å². The molecular formula is C13H21N3O3. The molecule has 1 unspecified atom stereocenters. The van der Waals surface area contributed by atoms with Gasteiger partial charge in [-0.1, -0.05) is 13.8 Å². The van der Waals surface area contributed by atoms with E-state index < -0.39 is 12.0 Å². The van der Waals surface area contributed by atoms with Gasteiger partial charge in [0.1, 0.15) is 6.04 Å². The molecule has 1 aliphatic rings. The predicted molar refractivity (Wildman–Crippen MR) is 69.3 cm³/mol. The highest BCUT2D eigenvalue weighted by Gasteiger charge is 2.42. The van der Waals surface area contributed by atoms with Crippen LogP contribution in [0.4, 0.5) is 0 Å². The molecule has 106 valence electrons. The normalized spacial score (nSPS) is 22.5. The second-order valence-electron chi connectivity index (χ2n) is 5.56. The molecule has 1 fully saturated rings. The van der Waals surface area contributed by atoms with E-state index in [9.17, 15) is 14.7 Å². The molecule has 2 N–H and O–H groups in total. The van der Waals surface area contributed by atoms with Crippen LogP contribution in [0.15, 0.2) is 0 Å². The van der Waals surface area contributed by atoms with Crippen LogP contribution < -0.4 is 5.32 Å². The van der Waals surface area contributed by atoms with E-state index in [-0.39, 0.29) is 24.3 Å². The van der Waals surface area contributed by atoms with Crippen molar-refractivity contribution in [2.75, 3.05) is 19.6 Å². The number of aliphatic carboxylic acids is 1. The number of carboxylic acid groups (broad SMARTS) is 1. The maximum absolute atomic E-state index is 11.7. The number of amides is 1. The minimum Gasteiger partial charge on any atom is -0.480 e. The number of carbonyl (C=O) groups is 2. The number of nitriles is 1. The van der Waals surface area contributed by atoms with Gasteiger partial charge in [0.2, 0.25) is 5.91 Å². The summed E-state index contributed by atoms with van der Waals surface area (Å²) in [5.41, 5.74) is -0.336. The van der Waals surface area contributed by atoms with Crippen molar-refractivity contribution < 1.29 is 14.7 Å². The first kappa shape index (κ1) is 15.4. The average molecular weight is 267 g/mol. The lowest BCUT2D eigenvalue weighted by Gasteiger charge is -2.43. The molecule has 0 aromatic carbocycles. The number of nitrogens with zero attached hydrogens (tertiary/aromatic N) is 2. The van der Waals surface area contributed by atoms with E-state index in [2.05, 4.69) is 5.32 Å². The van der Waals surface area contributed by atoms with Gasteiger partial charge in [0.15, 0.2) is 0 Å². The van der Waals surface area contributed by atoms with Gasteiger partial charge in [-0.15, -0.1) is 0 Å². The first-order valence-corrected chi connectivity index (χ1v) is 6.49. The highest BCUT2D eigenvalue weighted by atomic mass is 16.4. The highest BCUT2D eigenvalue weighted by Crippen LogP contribution is 2.35. The SMILES string of the molecule is CC1(C)CCCN(CC(=O)NCCC#N)C1C(=O)O. The molecule has 19 heavy (non-hydrogen) atoms. The van der Waals surface area contributed by atoms with Crippen molar-refractivity contribution >= 4 is 11.9 Å². The number of likely N-dealkylation sites (tertiary alicyclic amines) is 1. The van der Waals surface area contributed by atoms with Gasteiger partial charge in [-0.3, -0.25) is 14.5 Å². The Morgan fingerprint density at radius 1 is 1.53 bits per heavy atom. The fourth-order valence-electron chi connectivity index (χ4n) is 2.66. The van der Waals surface area contributed by atoms with Crippen LogP contribution in [0.25, 0.3) is 0 Å². The number of carboxylic acids is 1. The van der Waals surface area contributed by atoms with E-state index in [4.69, 9.17) is 5.26 Å². The third-order valence-corrected chi connectivity index (χ3v) is 3.51. The largest absolute Gasteiger partial charge is 0.480 e. The maximum Gasteiger partial charge on any atom is 0.321 e. The summed E-state index contributed by atoms with van der Waals surface area (Å²) in [5.74, 6) is -1.10. The number of rotatable bonds is 5. The Hall–Kier alpha value is -1.61. The quantitative estimate of drug-likeness (QED) is 0.711. The van der Waals surface area contributed by atoms with Gasteiger partial charge in [-0.2, -0.15) is 5.26 Å². The molecule has 1 amide bonds.